The fraction of sp³-hybridized carbons (Fsp3) is 0.400. The third kappa shape index (κ3) is 8.69. The Morgan fingerprint density at radius 2 is 1.77 bits per heavy atom. The number of benzene rings is 2. The van der Waals surface area contributed by atoms with Gasteiger partial charge in [-0.1, -0.05) is 18.2 Å². The molecule has 0 radical (unpaired) electrons. The van der Waals surface area contributed by atoms with Crippen molar-refractivity contribution >= 4 is 24.6 Å². The van der Waals surface area contributed by atoms with E-state index in [2.05, 4.69) is 15.7 Å². The first-order chi connectivity index (χ1) is 16.8. The fourth-order valence-corrected chi connectivity index (χ4v) is 4.67. The van der Waals surface area contributed by atoms with E-state index in [1.165, 1.54) is 12.1 Å². The number of carbonyl (C=O) groups is 2. The lowest BCUT2D eigenvalue weighted by Gasteiger charge is -2.33. The number of halogens is 3. The lowest BCUT2D eigenvalue weighted by molar-refractivity contribution is -0.137. The zero-order chi connectivity index (χ0) is 25.8. The van der Waals surface area contributed by atoms with Crippen molar-refractivity contribution in [1.29, 1.82) is 5.26 Å². The Morgan fingerprint density at radius 1 is 1.14 bits per heavy atom. The summed E-state index contributed by atoms with van der Waals surface area (Å²) < 4.78 is 38.4. The van der Waals surface area contributed by atoms with E-state index in [9.17, 15) is 18.0 Å². The molecule has 2 aromatic carbocycles. The fourth-order valence-electron chi connectivity index (χ4n) is 3.55. The van der Waals surface area contributed by atoms with E-state index in [-0.39, 0.29) is 11.8 Å². The molecule has 0 saturated carbocycles. The van der Waals surface area contributed by atoms with Crippen molar-refractivity contribution in [2.24, 2.45) is 5.92 Å². The summed E-state index contributed by atoms with van der Waals surface area (Å²) in [6, 6.07) is 15.2. The van der Waals surface area contributed by atoms with Gasteiger partial charge in [-0.2, -0.15) is 18.4 Å². The normalized spacial score (nSPS) is 15.7. The summed E-state index contributed by atoms with van der Waals surface area (Å²) in [7, 11) is 1.75. The molecule has 6 nitrogen and oxygen atoms in total. The van der Waals surface area contributed by atoms with Gasteiger partial charge in [-0.05, 0) is 67.7 Å². The number of amides is 1. The quantitative estimate of drug-likeness (QED) is 0.597. The number of nitriles is 1. The number of likely N-dealkylation sites (tertiary alicyclic amines) is 1. The second-order valence-electron chi connectivity index (χ2n) is 8.02. The Kier molecular flexibility index (Phi) is 11.2. The van der Waals surface area contributed by atoms with E-state index in [1.54, 1.807) is 19.0 Å². The average Bonchev–Trinajstić information content (AvgIpc) is 3.38. The van der Waals surface area contributed by atoms with E-state index < -0.39 is 11.7 Å². The van der Waals surface area contributed by atoms with E-state index >= 15 is 0 Å². The third-order valence-electron chi connectivity index (χ3n) is 5.40. The van der Waals surface area contributed by atoms with E-state index in [0.717, 1.165) is 67.2 Å². The largest absolute Gasteiger partial charge is 0.416 e. The van der Waals surface area contributed by atoms with Crippen LogP contribution in [-0.4, -0.2) is 55.1 Å². The number of nitrogens with zero attached hydrogens (tertiary/aromatic N) is 3. The molecule has 1 amide bonds. The van der Waals surface area contributed by atoms with E-state index in [1.807, 2.05) is 36.0 Å². The summed E-state index contributed by atoms with van der Waals surface area (Å²) in [6.45, 7) is 5.97. The maximum Gasteiger partial charge on any atom is 0.416 e. The number of hydrogen-bond acceptors (Lipinski definition) is 6. The second-order valence-corrected chi connectivity index (χ2v) is 9.19. The van der Waals surface area contributed by atoms with E-state index in [0.29, 0.717) is 6.54 Å². The van der Waals surface area contributed by atoms with Gasteiger partial charge >= 0.3 is 6.18 Å². The Bertz CT molecular complexity index is 983. The molecule has 188 valence electrons. The highest BCUT2D eigenvalue weighted by molar-refractivity contribution is 7.97. The predicted molar refractivity (Wildman–Crippen MR) is 129 cm³/mol. The maximum atomic E-state index is 12.3. The summed E-state index contributed by atoms with van der Waals surface area (Å²) in [5.41, 5.74) is 1.01. The minimum atomic E-state index is -4.24. The maximum absolute atomic E-state index is 12.3. The molecule has 2 aliphatic rings. The molecule has 2 aromatic rings. The van der Waals surface area contributed by atoms with Crippen molar-refractivity contribution in [3.8, 4) is 6.07 Å². The van der Waals surface area contributed by atoms with Crippen LogP contribution in [0.25, 0.3) is 0 Å². The standard InChI is InChI=1S/C15H17N3OS.C9H10F3N.CH2O/c16-9-12-10-18(11-12)20-14-5-3-4-13(8-14)15(19)17-6-1-2-7-17;1-13-6-7-2-4-8(5-3-7)9(10,11)12;1-2/h3-5,8,12H,1-2,6-7,10-11H2;2-5,13H,6H2,1H3;1H2. The molecular formula is C25H29F3N4O2S. The summed E-state index contributed by atoms with van der Waals surface area (Å²) in [5.74, 6) is 0.306. The molecular weight excluding hydrogens is 477 g/mol. The van der Waals surface area contributed by atoms with Crippen LogP contribution < -0.4 is 5.32 Å². The number of nitrogens with one attached hydrogen (secondary N) is 1. The van der Waals surface area contributed by atoms with Crippen LogP contribution >= 0.6 is 11.9 Å². The summed E-state index contributed by atoms with van der Waals surface area (Å²) >= 11 is 1.64. The van der Waals surface area contributed by atoms with Gasteiger partial charge in [0.05, 0.1) is 17.6 Å². The van der Waals surface area contributed by atoms with Crippen molar-refractivity contribution in [2.75, 3.05) is 33.2 Å². The van der Waals surface area contributed by atoms with Crippen molar-refractivity contribution in [1.82, 2.24) is 14.5 Å². The second kappa shape index (κ2) is 13.9. The molecule has 0 bridgehead atoms. The molecule has 0 aromatic heterocycles. The monoisotopic (exact) mass is 506 g/mol. The minimum absolute atomic E-state index is 0.142. The van der Waals surface area contributed by atoms with Gasteiger partial charge in [-0.25, -0.2) is 4.31 Å². The molecule has 1 N–H and O–H groups in total. The van der Waals surface area contributed by atoms with Crippen LogP contribution in [0.5, 0.6) is 0 Å². The van der Waals surface area contributed by atoms with Crippen LogP contribution in [-0.2, 0) is 17.5 Å². The van der Waals surface area contributed by atoms with Crippen molar-refractivity contribution in [3.05, 3.63) is 65.2 Å². The summed E-state index contributed by atoms with van der Waals surface area (Å²) in [4.78, 5) is 23.3. The van der Waals surface area contributed by atoms with Gasteiger partial charge in [0.25, 0.3) is 5.91 Å². The van der Waals surface area contributed by atoms with Gasteiger partial charge in [0.2, 0.25) is 0 Å². The molecule has 10 heteroatoms. The smallest absolute Gasteiger partial charge is 0.339 e. The average molecular weight is 507 g/mol. The highest BCUT2D eigenvalue weighted by atomic mass is 32.2. The molecule has 2 heterocycles. The van der Waals surface area contributed by atoms with Gasteiger partial charge in [0.15, 0.2) is 0 Å². The highest BCUT2D eigenvalue weighted by Crippen LogP contribution is 2.31. The zero-order valence-electron chi connectivity index (χ0n) is 19.6. The molecule has 0 unspecified atom stereocenters. The van der Waals surface area contributed by atoms with Crippen LogP contribution in [0.3, 0.4) is 0 Å². The van der Waals surface area contributed by atoms with Crippen molar-refractivity contribution in [3.63, 3.8) is 0 Å². The molecule has 0 aliphatic carbocycles. The predicted octanol–water partition coefficient (Wildman–Crippen LogP) is 4.62. The molecule has 2 aliphatic heterocycles. The molecule has 0 spiro atoms. The molecule has 2 saturated heterocycles. The Morgan fingerprint density at radius 3 is 2.31 bits per heavy atom. The number of alkyl halides is 3. The number of hydrogen-bond donors (Lipinski definition) is 1. The van der Waals surface area contributed by atoms with Crippen LogP contribution in [0.2, 0.25) is 0 Å². The first-order valence-corrected chi connectivity index (χ1v) is 11.9. The minimum Gasteiger partial charge on any atom is -0.339 e. The topological polar surface area (TPSA) is 76.4 Å². The van der Waals surface area contributed by atoms with Crippen molar-refractivity contribution < 1.29 is 22.8 Å². The van der Waals surface area contributed by atoms with Crippen LogP contribution in [0.15, 0.2) is 53.4 Å². The first kappa shape index (κ1) is 28.4. The van der Waals surface area contributed by atoms with Gasteiger partial charge in [-0.3, -0.25) is 4.79 Å². The van der Waals surface area contributed by atoms with Crippen molar-refractivity contribution in [2.45, 2.75) is 30.5 Å². The van der Waals surface area contributed by atoms with Gasteiger partial charge in [-0.15, -0.1) is 0 Å². The molecule has 2 fully saturated rings. The first-order valence-electron chi connectivity index (χ1n) is 11.1. The molecule has 0 atom stereocenters. The number of rotatable bonds is 5. The highest BCUT2D eigenvalue weighted by Gasteiger charge is 2.30. The van der Waals surface area contributed by atoms with Crippen LogP contribution in [0.4, 0.5) is 13.2 Å². The summed E-state index contributed by atoms with van der Waals surface area (Å²) in [6.07, 6.45) is -2.01. The molecule has 35 heavy (non-hydrogen) atoms. The number of carbonyl (C=O) groups excluding carboxylic acids is 2. The Balaban J connectivity index is 0.000000251. The molecule has 4 rings (SSSR count). The lowest BCUT2D eigenvalue weighted by Crippen LogP contribution is -2.40. The summed E-state index contributed by atoms with van der Waals surface area (Å²) in [5, 5.41) is 11.6. The Labute approximate surface area is 208 Å². The van der Waals surface area contributed by atoms with Gasteiger partial charge in [0.1, 0.15) is 6.79 Å². The lowest BCUT2D eigenvalue weighted by atomic mass is 10.1. The SMILES string of the molecule is C=O.CNCc1ccc(C(F)(F)F)cc1.N#CC1CN(Sc2cccc(C(=O)N3CCCC3)c2)C1. The Hall–Kier alpha value is -2.87. The van der Waals surface area contributed by atoms with Crippen LogP contribution in [0, 0.1) is 17.2 Å². The van der Waals surface area contributed by atoms with E-state index in [4.69, 9.17) is 10.1 Å². The van der Waals surface area contributed by atoms with Gasteiger partial charge < -0.3 is 15.0 Å². The van der Waals surface area contributed by atoms with Crippen LogP contribution in [0.1, 0.15) is 34.3 Å². The zero-order valence-corrected chi connectivity index (χ0v) is 20.4. The van der Waals surface area contributed by atoms with Gasteiger partial charge in [0, 0.05) is 43.2 Å². The third-order valence-corrected chi connectivity index (χ3v) is 6.42.